The number of rotatable bonds is 5. The molecule has 5 heteroatoms. The summed E-state index contributed by atoms with van der Waals surface area (Å²) in [6.07, 6.45) is -0.0787. The van der Waals surface area contributed by atoms with E-state index >= 15 is 0 Å². The van der Waals surface area contributed by atoms with Gasteiger partial charge < -0.3 is 10.4 Å². The molecule has 0 saturated carbocycles. The van der Waals surface area contributed by atoms with Crippen LogP contribution >= 0.6 is 0 Å². The Hall–Kier alpha value is -1.91. The van der Waals surface area contributed by atoms with Crippen molar-refractivity contribution in [3.05, 3.63) is 35.6 Å². The molecule has 0 spiro atoms. The van der Waals surface area contributed by atoms with E-state index < -0.39 is 11.9 Å². The molecule has 0 radical (unpaired) electrons. The zero-order valence-electron chi connectivity index (χ0n) is 9.44. The topological polar surface area (TPSA) is 66.4 Å². The van der Waals surface area contributed by atoms with Crippen molar-refractivity contribution >= 4 is 11.9 Å². The summed E-state index contributed by atoms with van der Waals surface area (Å²) in [5.74, 6) is -2.45. The summed E-state index contributed by atoms with van der Waals surface area (Å²) in [5, 5.41) is 11.2. The largest absolute Gasteiger partial charge is 0.481 e. The zero-order valence-corrected chi connectivity index (χ0v) is 9.44. The van der Waals surface area contributed by atoms with E-state index in [1.165, 1.54) is 19.1 Å². The summed E-state index contributed by atoms with van der Waals surface area (Å²) in [7, 11) is 0. The van der Waals surface area contributed by atoms with E-state index in [-0.39, 0.29) is 24.7 Å². The molecule has 1 amide bonds. The number of carbonyl (C=O) groups is 2. The van der Waals surface area contributed by atoms with Crippen molar-refractivity contribution < 1.29 is 19.1 Å². The van der Waals surface area contributed by atoms with E-state index in [2.05, 4.69) is 5.32 Å². The van der Waals surface area contributed by atoms with Crippen LogP contribution in [-0.4, -0.2) is 17.0 Å². The Morgan fingerprint density at radius 1 is 1.47 bits per heavy atom. The molecule has 0 aliphatic rings. The van der Waals surface area contributed by atoms with Crippen LogP contribution in [0.15, 0.2) is 24.3 Å². The molecule has 0 saturated heterocycles. The van der Waals surface area contributed by atoms with E-state index in [9.17, 15) is 14.0 Å². The smallest absolute Gasteiger partial charge is 0.306 e. The molecule has 1 atom stereocenters. The van der Waals surface area contributed by atoms with Crippen molar-refractivity contribution in [2.45, 2.75) is 19.9 Å². The van der Waals surface area contributed by atoms with Crippen molar-refractivity contribution in [2.75, 3.05) is 0 Å². The van der Waals surface area contributed by atoms with Crippen LogP contribution in [0.2, 0.25) is 0 Å². The first-order chi connectivity index (χ1) is 7.99. The van der Waals surface area contributed by atoms with Crippen LogP contribution in [0.3, 0.4) is 0 Å². The second kappa shape index (κ2) is 5.98. The minimum atomic E-state index is -1.01. The van der Waals surface area contributed by atoms with Gasteiger partial charge in [-0.25, -0.2) is 4.39 Å². The number of nitrogens with one attached hydrogen (secondary N) is 1. The van der Waals surface area contributed by atoms with E-state index in [1.54, 1.807) is 12.1 Å². The summed E-state index contributed by atoms with van der Waals surface area (Å²) in [6.45, 7) is 1.66. The van der Waals surface area contributed by atoms with Crippen molar-refractivity contribution in [1.82, 2.24) is 5.32 Å². The van der Waals surface area contributed by atoms with Crippen LogP contribution in [0.1, 0.15) is 18.9 Å². The Bertz CT molecular complexity index is 420. The third-order valence-corrected chi connectivity index (χ3v) is 2.29. The number of hydrogen-bond acceptors (Lipinski definition) is 2. The molecule has 0 fully saturated rings. The third kappa shape index (κ3) is 4.63. The lowest BCUT2D eigenvalue weighted by Crippen LogP contribution is -2.26. The van der Waals surface area contributed by atoms with Crippen LogP contribution in [0, 0.1) is 11.7 Å². The molecule has 92 valence electrons. The predicted octanol–water partition coefficient (Wildman–Crippen LogP) is 1.55. The monoisotopic (exact) mass is 239 g/mol. The summed E-state index contributed by atoms with van der Waals surface area (Å²) >= 11 is 0. The molecule has 1 aromatic carbocycles. The quantitative estimate of drug-likeness (QED) is 0.819. The first kappa shape index (κ1) is 13.2. The van der Waals surface area contributed by atoms with Crippen molar-refractivity contribution in [3.8, 4) is 0 Å². The average molecular weight is 239 g/mol. The molecular weight excluding hydrogens is 225 g/mol. The van der Waals surface area contributed by atoms with Crippen LogP contribution < -0.4 is 5.32 Å². The van der Waals surface area contributed by atoms with Crippen molar-refractivity contribution in [1.29, 1.82) is 0 Å². The Kier molecular flexibility index (Phi) is 4.63. The Morgan fingerprint density at radius 2 is 2.18 bits per heavy atom. The lowest BCUT2D eigenvalue weighted by Gasteiger charge is -2.07. The third-order valence-electron chi connectivity index (χ3n) is 2.29. The highest BCUT2D eigenvalue weighted by Crippen LogP contribution is 2.04. The van der Waals surface area contributed by atoms with Gasteiger partial charge in [0, 0.05) is 13.0 Å². The number of aliphatic carboxylic acids is 1. The molecule has 1 aromatic rings. The first-order valence-electron chi connectivity index (χ1n) is 5.23. The normalized spacial score (nSPS) is 11.9. The minimum absolute atomic E-state index is 0.0787. The second-order valence-electron chi connectivity index (χ2n) is 3.85. The highest BCUT2D eigenvalue weighted by atomic mass is 19.1. The molecule has 1 unspecified atom stereocenters. The number of carboxylic acid groups (broad SMARTS) is 1. The van der Waals surface area contributed by atoms with Gasteiger partial charge in [-0.3, -0.25) is 9.59 Å². The van der Waals surface area contributed by atoms with Gasteiger partial charge in [0.15, 0.2) is 0 Å². The molecule has 4 nitrogen and oxygen atoms in total. The predicted molar refractivity (Wildman–Crippen MR) is 59.7 cm³/mol. The maximum Gasteiger partial charge on any atom is 0.306 e. The van der Waals surface area contributed by atoms with Gasteiger partial charge in [-0.1, -0.05) is 19.1 Å². The van der Waals surface area contributed by atoms with Gasteiger partial charge in [0.25, 0.3) is 0 Å². The Morgan fingerprint density at radius 3 is 2.76 bits per heavy atom. The molecule has 0 bridgehead atoms. The van der Waals surface area contributed by atoms with Gasteiger partial charge >= 0.3 is 5.97 Å². The van der Waals surface area contributed by atoms with E-state index in [4.69, 9.17) is 5.11 Å². The van der Waals surface area contributed by atoms with Crippen LogP contribution in [0.25, 0.3) is 0 Å². The summed E-state index contributed by atoms with van der Waals surface area (Å²) in [5.41, 5.74) is 0.640. The summed E-state index contributed by atoms with van der Waals surface area (Å²) in [4.78, 5) is 21.9. The van der Waals surface area contributed by atoms with Crippen LogP contribution in [-0.2, 0) is 16.1 Å². The summed E-state index contributed by atoms with van der Waals surface area (Å²) < 4.78 is 12.8. The van der Waals surface area contributed by atoms with Gasteiger partial charge in [-0.15, -0.1) is 0 Å². The molecule has 0 aliphatic carbocycles. The number of benzene rings is 1. The fraction of sp³-hybridized carbons (Fsp3) is 0.333. The van der Waals surface area contributed by atoms with Crippen molar-refractivity contribution in [2.24, 2.45) is 5.92 Å². The second-order valence-corrected chi connectivity index (χ2v) is 3.85. The minimum Gasteiger partial charge on any atom is -0.481 e. The van der Waals surface area contributed by atoms with Gasteiger partial charge in [0.2, 0.25) is 5.91 Å². The van der Waals surface area contributed by atoms with Gasteiger partial charge in [0.05, 0.1) is 5.92 Å². The molecule has 0 heterocycles. The van der Waals surface area contributed by atoms with Gasteiger partial charge in [0.1, 0.15) is 5.82 Å². The SMILES string of the molecule is CC(CC(=O)NCc1cccc(F)c1)C(=O)O. The number of carboxylic acids is 1. The number of carbonyl (C=O) groups excluding carboxylic acids is 1. The summed E-state index contributed by atoms with van der Waals surface area (Å²) in [6, 6.07) is 5.87. The standard InChI is InChI=1S/C12H14FNO3/c1-8(12(16)17)5-11(15)14-7-9-3-2-4-10(13)6-9/h2-4,6,8H,5,7H2,1H3,(H,14,15)(H,16,17). The zero-order chi connectivity index (χ0) is 12.8. The number of amides is 1. The number of hydrogen-bond donors (Lipinski definition) is 2. The van der Waals surface area contributed by atoms with E-state index in [0.29, 0.717) is 5.56 Å². The highest BCUT2D eigenvalue weighted by Gasteiger charge is 2.15. The first-order valence-corrected chi connectivity index (χ1v) is 5.23. The maximum absolute atomic E-state index is 12.8. The molecule has 1 rings (SSSR count). The fourth-order valence-electron chi connectivity index (χ4n) is 1.29. The van der Waals surface area contributed by atoms with Gasteiger partial charge in [-0.05, 0) is 17.7 Å². The van der Waals surface area contributed by atoms with E-state index in [0.717, 1.165) is 0 Å². The molecule has 17 heavy (non-hydrogen) atoms. The van der Waals surface area contributed by atoms with Crippen LogP contribution in [0.4, 0.5) is 4.39 Å². The Labute approximate surface area is 98.5 Å². The molecule has 0 aromatic heterocycles. The number of halogens is 1. The fourth-order valence-corrected chi connectivity index (χ4v) is 1.29. The molecule has 2 N–H and O–H groups in total. The van der Waals surface area contributed by atoms with Crippen LogP contribution in [0.5, 0.6) is 0 Å². The van der Waals surface area contributed by atoms with E-state index in [1.807, 2.05) is 0 Å². The average Bonchev–Trinajstić information content (AvgIpc) is 2.26. The van der Waals surface area contributed by atoms with Crippen molar-refractivity contribution in [3.63, 3.8) is 0 Å². The molecule has 0 aliphatic heterocycles. The lowest BCUT2D eigenvalue weighted by atomic mass is 10.1. The lowest BCUT2D eigenvalue weighted by molar-refractivity contribution is -0.143. The molecular formula is C12H14FNO3. The van der Waals surface area contributed by atoms with Gasteiger partial charge in [-0.2, -0.15) is 0 Å². The maximum atomic E-state index is 12.8. The Balaban J connectivity index is 2.41. The highest BCUT2D eigenvalue weighted by molar-refractivity contribution is 5.81.